The Morgan fingerprint density at radius 1 is 1.33 bits per heavy atom. The Hall–Kier alpha value is -1.22. The lowest BCUT2D eigenvalue weighted by Gasteiger charge is -2.27. The van der Waals surface area contributed by atoms with E-state index in [9.17, 15) is 5.11 Å². The largest absolute Gasteiger partial charge is 0.508 e. The zero-order chi connectivity index (χ0) is 13.7. The maximum atomic E-state index is 10.1. The molecule has 3 nitrogen and oxygen atoms in total. The zero-order valence-corrected chi connectivity index (χ0v) is 12.2. The van der Waals surface area contributed by atoms with Crippen LogP contribution < -0.4 is 10.2 Å². The number of phenols is 1. The van der Waals surface area contributed by atoms with Crippen molar-refractivity contribution in [2.24, 2.45) is 0 Å². The lowest BCUT2D eigenvalue weighted by atomic mass is 10.1. The van der Waals surface area contributed by atoms with E-state index in [1.165, 1.54) is 6.42 Å². The number of nitrogens with one attached hydrogen (secondary N) is 1. The van der Waals surface area contributed by atoms with Gasteiger partial charge in [-0.1, -0.05) is 19.4 Å². The number of aromatic hydroxyl groups is 1. The molecule has 0 fully saturated rings. The maximum absolute atomic E-state index is 10.1. The lowest BCUT2D eigenvalue weighted by Crippen LogP contribution is -2.28. The van der Waals surface area contributed by atoms with Crippen molar-refractivity contribution in [1.82, 2.24) is 5.32 Å². The third kappa shape index (κ3) is 3.39. The van der Waals surface area contributed by atoms with Crippen LogP contribution in [-0.2, 0) is 0 Å². The Labute approximate surface area is 111 Å². The van der Waals surface area contributed by atoms with Gasteiger partial charge < -0.3 is 15.3 Å². The summed E-state index contributed by atoms with van der Waals surface area (Å²) in [5.41, 5.74) is 2.01. The van der Waals surface area contributed by atoms with Crippen LogP contribution in [-0.4, -0.2) is 25.2 Å². The second kappa shape index (κ2) is 6.64. The molecule has 0 heterocycles. The molecule has 0 saturated carbocycles. The van der Waals surface area contributed by atoms with E-state index in [4.69, 9.17) is 0 Å². The molecule has 0 amide bonds. The minimum Gasteiger partial charge on any atom is -0.508 e. The number of phenolic OH excluding ortho intramolecular Hbond substituents is 1. The number of hydrogen-bond donors (Lipinski definition) is 2. The minimum atomic E-state index is 0.164. The van der Waals surface area contributed by atoms with Crippen LogP contribution in [0, 0.1) is 0 Å². The van der Waals surface area contributed by atoms with E-state index in [-0.39, 0.29) is 6.04 Å². The molecule has 0 aromatic heterocycles. The lowest BCUT2D eigenvalue weighted by molar-refractivity contribution is 0.457. The molecule has 0 aliphatic rings. The fourth-order valence-corrected chi connectivity index (χ4v) is 2.14. The number of rotatable bonds is 6. The summed E-state index contributed by atoms with van der Waals surface area (Å²) >= 11 is 0. The Morgan fingerprint density at radius 3 is 2.50 bits per heavy atom. The van der Waals surface area contributed by atoms with Crippen LogP contribution in [0.25, 0.3) is 0 Å². The molecule has 0 spiro atoms. The number of benzene rings is 1. The van der Waals surface area contributed by atoms with Gasteiger partial charge in [-0.25, -0.2) is 0 Å². The summed E-state index contributed by atoms with van der Waals surface area (Å²) in [6.45, 7) is 6.45. The van der Waals surface area contributed by atoms with E-state index in [1.54, 1.807) is 0 Å². The normalized spacial score (nSPS) is 14.3. The molecule has 1 rings (SSSR count). The number of hydrogen-bond acceptors (Lipinski definition) is 3. The first kappa shape index (κ1) is 14.8. The van der Waals surface area contributed by atoms with E-state index < -0.39 is 0 Å². The van der Waals surface area contributed by atoms with E-state index >= 15 is 0 Å². The SMILES string of the molecule is CCCC(C)N(C)c1ccc(C(C)NC)c(O)c1. The van der Waals surface area contributed by atoms with Crippen molar-refractivity contribution in [1.29, 1.82) is 0 Å². The van der Waals surface area contributed by atoms with Gasteiger partial charge in [0.1, 0.15) is 5.75 Å². The first-order valence-electron chi connectivity index (χ1n) is 6.74. The van der Waals surface area contributed by atoms with Gasteiger partial charge in [0.05, 0.1) is 0 Å². The molecule has 1 aromatic carbocycles. The van der Waals surface area contributed by atoms with Crippen LogP contribution in [0.1, 0.15) is 45.2 Å². The second-order valence-corrected chi connectivity index (χ2v) is 5.00. The monoisotopic (exact) mass is 250 g/mol. The molecule has 102 valence electrons. The molecule has 0 saturated heterocycles. The molecular weight excluding hydrogens is 224 g/mol. The predicted molar refractivity (Wildman–Crippen MR) is 78.4 cm³/mol. The Kier molecular flexibility index (Phi) is 5.48. The first-order valence-corrected chi connectivity index (χ1v) is 6.74. The molecule has 0 radical (unpaired) electrons. The van der Waals surface area contributed by atoms with Gasteiger partial charge in [0.15, 0.2) is 0 Å². The molecule has 2 unspecified atom stereocenters. The highest BCUT2D eigenvalue weighted by atomic mass is 16.3. The van der Waals surface area contributed by atoms with Crippen molar-refractivity contribution in [3.05, 3.63) is 23.8 Å². The topological polar surface area (TPSA) is 35.5 Å². The summed E-state index contributed by atoms with van der Waals surface area (Å²) < 4.78 is 0. The Bertz CT molecular complexity index is 379. The standard InChI is InChI=1S/C15H26N2O/c1-6-7-11(2)17(5)13-8-9-14(12(3)16-4)15(18)10-13/h8-12,16,18H,6-7H2,1-5H3. The van der Waals surface area contributed by atoms with Gasteiger partial charge in [0, 0.05) is 36.4 Å². The van der Waals surface area contributed by atoms with Crippen LogP contribution in [0.15, 0.2) is 18.2 Å². The fraction of sp³-hybridized carbons (Fsp3) is 0.600. The smallest absolute Gasteiger partial charge is 0.122 e. The van der Waals surface area contributed by atoms with Gasteiger partial charge in [0.25, 0.3) is 0 Å². The Morgan fingerprint density at radius 2 is 2.00 bits per heavy atom. The summed E-state index contributed by atoms with van der Waals surface area (Å²) in [4.78, 5) is 2.22. The second-order valence-electron chi connectivity index (χ2n) is 5.00. The molecule has 0 aliphatic heterocycles. The van der Waals surface area contributed by atoms with Crippen LogP contribution >= 0.6 is 0 Å². The van der Waals surface area contributed by atoms with Crippen molar-refractivity contribution >= 4 is 5.69 Å². The van der Waals surface area contributed by atoms with Crippen molar-refractivity contribution in [2.75, 3.05) is 19.0 Å². The molecule has 0 bridgehead atoms. The van der Waals surface area contributed by atoms with Gasteiger partial charge in [-0.15, -0.1) is 0 Å². The number of nitrogens with zero attached hydrogens (tertiary/aromatic N) is 1. The van der Waals surface area contributed by atoms with Crippen molar-refractivity contribution < 1.29 is 5.11 Å². The van der Waals surface area contributed by atoms with Gasteiger partial charge in [-0.2, -0.15) is 0 Å². The molecule has 2 atom stereocenters. The van der Waals surface area contributed by atoms with Crippen molar-refractivity contribution in [2.45, 2.75) is 45.7 Å². The van der Waals surface area contributed by atoms with E-state index in [1.807, 2.05) is 26.1 Å². The van der Waals surface area contributed by atoms with Gasteiger partial charge in [-0.3, -0.25) is 0 Å². The highest BCUT2D eigenvalue weighted by Crippen LogP contribution is 2.29. The summed E-state index contributed by atoms with van der Waals surface area (Å²) in [6.07, 6.45) is 2.33. The number of anilines is 1. The zero-order valence-electron chi connectivity index (χ0n) is 12.2. The van der Waals surface area contributed by atoms with Crippen LogP contribution in [0.5, 0.6) is 5.75 Å². The molecule has 18 heavy (non-hydrogen) atoms. The van der Waals surface area contributed by atoms with E-state index in [2.05, 4.69) is 37.2 Å². The van der Waals surface area contributed by atoms with Gasteiger partial charge in [-0.05, 0) is 33.4 Å². The average Bonchev–Trinajstić information content (AvgIpc) is 2.37. The maximum Gasteiger partial charge on any atom is 0.122 e. The minimum absolute atomic E-state index is 0.164. The molecular formula is C15H26N2O. The summed E-state index contributed by atoms with van der Waals surface area (Å²) in [6, 6.07) is 6.59. The third-order valence-corrected chi connectivity index (χ3v) is 3.69. The fourth-order valence-electron chi connectivity index (χ4n) is 2.14. The third-order valence-electron chi connectivity index (χ3n) is 3.69. The van der Waals surface area contributed by atoms with Gasteiger partial charge >= 0.3 is 0 Å². The summed E-state index contributed by atoms with van der Waals surface area (Å²) in [5.74, 6) is 0.366. The Balaban J connectivity index is 2.90. The van der Waals surface area contributed by atoms with Crippen LogP contribution in [0.2, 0.25) is 0 Å². The highest BCUT2D eigenvalue weighted by molar-refractivity contribution is 5.54. The van der Waals surface area contributed by atoms with Crippen molar-refractivity contribution in [3.8, 4) is 5.75 Å². The first-order chi connectivity index (χ1) is 8.51. The van der Waals surface area contributed by atoms with E-state index in [0.717, 1.165) is 17.7 Å². The predicted octanol–water partition coefficient (Wildman–Crippen LogP) is 3.30. The summed E-state index contributed by atoms with van der Waals surface area (Å²) in [5, 5.41) is 13.2. The molecule has 1 aromatic rings. The quantitative estimate of drug-likeness (QED) is 0.813. The molecule has 3 heteroatoms. The van der Waals surface area contributed by atoms with Gasteiger partial charge in [0.2, 0.25) is 0 Å². The molecule has 0 aliphatic carbocycles. The van der Waals surface area contributed by atoms with Crippen LogP contribution in [0.3, 0.4) is 0 Å². The van der Waals surface area contributed by atoms with E-state index in [0.29, 0.717) is 11.8 Å². The summed E-state index contributed by atoms with van der Waals surface area (Å²) in [7, 11) is 3.98. The highest BCUT2D eigenvalue weighted by Gasteiger charge is 2.13. The van der Waals surface area contributed by atoms with Crippen LogP contribution in [0.4, 0.5) is 5.69 Å². The van der Waals surface area contributed by atoms with Crippen molar-refractivity contribution in [3.63, 3.8) is 0 Å². The molecule has 2 N–H and O–H groups in total. The average molecular weight is 250 g/mol.